The highest BCUT2D eigenvalue weighted by molar-refractivity contribution is 5.80. The second kappa shape index (κ2) is 53.5. The maximum absolute atomic E-state index is 13.2. The zero-order valence-corrected chi connectivity index (χ0v) is 49.1. The molecule has 1 rings (SSSR count). The molecule has 11 nitrogen and oxygen atoms in total. The van der Waals surface area contributed by atoms with Crippen LogP contribution in [-0.2, 0) is 14.3 Å². The Labute approximate surface area is 462 Å². The Morgan fingerprint density at radius 1 is 0.453 bits per heavy atom. The van der Waals surface area contributed by atoms with Crippen molar-refractivity contribution in [2.24, 2.45) is 0 Å². The first kappa shape index (κ1) is 71.9. The number of ether oxygens (including phenoxy) is 2. The van der Waals surface area contributed by atoms with E-state index in [1.165, 1.54) is 244 Å². The Morgan fingerprint density at radius 3 is 1.12 bits per heavy atom. The van der Waals surface area contributed by atoms with Gasteiger partial charge in [0.25, 0.3) is 0 Å². The number of allylic oxidation sites excluding steroid dienone is 2. The average molecular weight is 1070 g/mol. The minimum absolute atomic E-state index is 0.264. The SMILES string of the molecule is CCCCCCCCCCCCCC/C=C\CCCCCCCCCCCCCCCCC(O)C(=O)NC(COC1OC(CO)C(O)C(O)C1O)C(O)C(O)CCCCCCCCCCCCCCCCCCCC. The lowest BCUT2D eigenvalue weighted by atomic mass is 9.98. The van der Waals surface area contributed by atoms with Crippen LogP contribution in [0.2, 0.25) is 0 Å². The van der Waals surface area contributed by atoms with Crippen molar-refractivity contribution >= 4 is 5.91 Å². The van der Waals surface area contributed by atoms with Crippen LogP contribution < -0.4 is 5.32 Å². The molecule has 1 heterocycles. The molecule has 9 atom stereocenters. The van der Waals surface area contributed by atoms with Crippen molar-refractivity contribution in [3.05, 3.63) is 12.2 Å². The van der Waals surface area contributed by atoms with Crippen LogP contribution in [-0.4, -0.2) is 110 Å². The molecular formula is C64H125NO10. The van der Waals surface area contributed by atoms with Gasteiger partial charge in [0, 0.05) is 0 Å². The Balaban J connectivity index is 2.21. The lowest BCUT2D eigenvalue weighted by Crippen LogP contribution is -2.60. The van der Waals surface area contributed by atoms with Crippen molar-refractivity contribution in [1.29, 1.82) is 0 Å². The molecule has 0 aromatic carbocycles. The molecule has 0 saturated carbocycles. The number of unbranched alkanes of at least 4 members (excludes halogenated alkanes) is 43. The average Bonchev–Trinajstić information content (AvgIpc) is 3.41. The number of rotatable bonds is 57. The van der Waals surface area contributed by atoms with Crippen molar-refractivity contribution in [2.75, 3.05) is 13.2 Å². The summed E-state index contributed by atoms with van der Waals surface area (Å²) in [5, 5.41) is 76.3. The van der Waals surface area contributed by atoms with E-state index in [9.17, 15) is 40.5 Å². The molecule has 75 heavy (non-hydrogen) atoms. The Kier molecular flexibility index (Phi) is 51.3. The van der Waals surface area contributed by atoms with Gasteiger partial charge in [-0.3, -0.25) is 4.79 Å². The van der Waals surface area contributed by atoms with E-state index >= 15 is 0 Å². The van der Waals surface area contributed by atoms with Crippen molar-refractivity contribution in [1.82, 2.24) is 5.32 Å². The number of hydrogen-bond donors (Lipinski definition) is 8. The number of carbonyl (C=O) groups is 1. The summed E-state index contributed by atoms with van der Waals surface area (Å²) in [6.07, 6.45) is 52.8. The molecule has 1 aliphatic heterocycles. The Morgan fingerprint density at radius 2 is 0.773 bits per heavy atom. The van der Waals surface area contributed by atoms with Crippen LogP contribution in [0, 0.1) is 0 Å². The van der Waals surface area contributed by atoms with E-state index in [4.69, 9.17) is 9.47 Å². The largest absolute Gasteiger partial charge is 0.394 e. The molecule has 0 aliphatic carbocycles. The van der Waals surface area contributed by atoms with Crippen LogP contribution in [0.15, 0.2) is 12.2 Å². The summed E-state index contributed by atoms with van der Waals surface area (Å²) in [7, 11) is 0. The van der Waals surface area contributed by atoms with Gasteiger partial charge in [0.1, 0.15) is 36.6 Å². The molecule has 1 saturated heterocycles. The normalized spacial score (nSPS) is 19.7. The van der Waals surface area contributed by atoms with Crippen molar-refractivity contribution < 1.29 is 50.0 Å². The molecule has 0 spiro atoms. The third-order valence-corrected chi connectivity index (χ3v) is 16.1. The maximum Gasteiger partial charge on any atom is 0.249 e. The molecule has 1 fully saturated rings. The summed E-state index contributed by atoms with van der Waals surface area (Å²) in [6, 6.07) is -1.17. The van der Waals surface area contributed by atoms with Gasteiger partial charge in [-0.05, 0) is 38.5 Å². The molecule has 11 heteroatoms. The quantitative estimate of drug-likeness (QED) is 0.0215. The van der Waals surface area contributed by atoms with Crippen LogP contribution in [0.25, 0.3) is 0 Å². The lowest BCUT2D eigenvalue weighted by Gasteiger charge is -2.40. The van der Waals surface area contributed by atoms with Gasteiger partial charge in [0.15, 0.2) is 6.29 Å². The lowest BCUT2D eigenvalue weighted by molar-refractivity contribution is -0.303. The van der Waals surface area contributed by atoms with Gasteiger partial charge >= 0.3 is 0 Å². The molecule has 0 aromatic rings. The fraction of sp³-hybridized carbons (Fsp3) is 0.953. The van der Waals surface area contributed by atoms with Crippen molar-refractivity contribution in [2.45, 2.75) is 377 Å². The number of hydrogen-bond acceptors (Lipinski definition) is 10. The van der Waals surface area contributed by atoms with Crippen LogP contribution in [0.5, 0.6) is 0 Å². The molecule has 1 aliphatic rings. The second-order valence-corrected chi connectivity index (χ2v) is 23.2. The van der Waals surface area contributed by atoms with Gasteiger partial charge in [-0.2, -0.15) is 0 Å². The first-order chi connectivity index (χ1) is 36.7. The highest BCUT2D eigenvalue weighted by Crippen LogP contribution is 2.24. The third-order valence-electron chi connectivity index (χ3n) is 16.1. The third kappa shape index (κ3) is 41.5. The van der Waals surface area contributed by atoms with Crippen LogP contribution in [0.4, 0.5) is 0 Å². The van der Waals surface area contributed by atoms with E-state index < -0.39 is 74.2 Å². The molecule has 0 radical (unpaired) electrons. The molecule has 1 amide bonds. The number of amides is 1. The molecule has 446 valence electrons. The first-order valence-corrected chi connectivity index (χ1v) is 32.6. The Bertz CT molecular complexity index is 1220. The summed E-state index contributed by atoms with van der Waals surface area (Å²) in [5.41, 5.74) is 0. The fourth-order valence-corrected chi connectivity index (χ4v) is 10.8. The molecule has 9 unspecified atom stereocenters. The topological polar surface area (TPSA) is 189 Å². The summed E-state index contributed by atoms with van der Waals surface area (Å²) in [5.74, 6) is -0.690. The van der Waals surface area contributed by atoms with E-state index in [-0.39, 0.29) is 6.42 Å². The van der Waals surface area contributed by atoms with Gasteiger partial charge in [0.2, 0.25) is 5.91 Å². The molecular weight excluding hydrogens is 943 g/mol. The fourth-order valence-electron chi connectivity index (χ4n) is 10.8. The summed E-state index contributed by atoms with van der Waals surface area (Å²) < 4.78 is 11.2. The zero-order valence-electron chi connectivity index (χ0n) is 49.1. The number of nitrogens with one attached hydrogen (secondary N) is 1. The number of aliphatic hydroxyl groups is 7. The van der Waals surface area contributed by atoms with E-state index in [1.54, 1.807) is 0 Å². The minimum Gasteiger partial charge on any atom is -0.394 e. The smallest absolute Gasteiger partial charge is 0.249 e. The highest BCUT2D eigenvalue weighted by atomic mass is 16.7. The van der Waals surface area contributed by atoms with E-state index in [0.29, 0.717) is 19.3 Å². The molecule has 0 bridgehead atoms. The van der Waals surface area contributed by atoms with Crippen LogP contribution in [0.3, 0.4) is 0 Å². The first-order valence-electron chi connectivity index (χ1n) is 32.6. The summed E-state index contributed by atoms with van der Waals surface area (Å²) in [6.45, 7) is 3.51. The van der Waals surface area contributed by atoms with Gasteiger partial charge in [-0.1, -0.05) is 296 Å². The van der Waals surface area contributed by atoms with Gasteiger partial charge in [0.05, 0.1) is 25.4 Å². The minimum atomic E-state index is -1.66. The van der Waals surface area contributed by atoms with Gasteiger partial charge < -0.3 is 50.5 Å². The monoisotopic (exact) mass is 1070 g/mol. The predicted molar refractivity (Wildman–Crippen MR) is 312 cm³/mol. The predicted octanol–water partition coefficient (Wildman–Crippen LogP) is 14.7. The number of carbonyl (C=O) groups excluding carboxylic acids is 1. The van der Waals surface area contributed by atoms with Crippen LogP contribution in [0.1, 0.15) is 322 Å². The number of aliphatic hydroxyl groups excluding tert-OH is 7. The zero-order chi connectivity index (χ0) is 54.7. The van der Waals surface area contributed by atoms with Crippen LogP contribution >= 0.6 is 0 Å². The van der Waals surface area contributed by atoms with E-state index in [1.807, 2.05) is 0 Å². The van der Waals surface area contributed by atoms with E-state index in [2.05, 4.69) is 31.3 Å². The summed E-state index contributed by atoms with van der Waals surface area (Å²) >= 11 is 0. The standard InChI is InChI=1S/C64H125NO10/c1-3-5-7-9-11-13-15-17-19-21-23-24-25-26-27-28-29-30-31-32-33-34-36-38-40-42-44-46-48-50-52-57(68)63(73)65-55(54-74-64-62(72)61(71)60(70)58(53-66)75-64)59(69)56(67)51-49-47-45-43-41-39-37-35-22-20-18-16-14-12-10-8-6-4-2/h26-27,55-62,64,66-72H,3-25,28-54H2,1-2H3,(H,65,73)/b27-26-. The van der Waals surface area contributed by atoms with E-state index in [0.717, 1.165) is 38.5 Å². The maximum atomic E-state index is 13.2. The van der Waals surface area contributed by atoms with Gasteiger partial charge in [-0.25, -0.2) is 0 Å². The molecule has 0 aromatic heterocycles. The van der Waals surface area contributed by atoms with Crippen molar-refractivity contribution in [3.8, 4) is 0 Å². The van der Waals surface area contributed by atoms with Crippen molar-refractivity contribution in [3.63, 3.8) is 0 Å². The molecule has 8 N–H and O–H groups in total. The highest BCUT2D eigenvalue weighted by Gasteiger charge is 2.44. The Hall–Kier alpha value is -1.15. The van der Waals surface area contributed by atoms with Gasteiger partial charge in [-0.15, -0.1) is 0 Å². The second-order valence-electron chi connectivity index (χ2n) is 23.2. The summed E-state index contributed by atoms with van der Waals surface area (Å²) in [4.78, 5) is 13.2.